The second-order valence-corrected chi connectivity index (χ2v) is 12.0. The number of piperazine rings is 2. The molecule has 43 heavy (non-hydrogen) atoms. The third kappa shape index (κ3) is 8.87. The molecular weight excluding hydrogens is 576 g/mol. The zero-order valence-corrected chi connectivity index (χ0v) is 24.7. The first-order chi connectivity index (χ1) is 20.1. The average molecular weight is 616 g/mol. The molecule has 2 aliphatic rings. The van der Waals surface area contributed by atoms with Gasteiger partial charge in [-0.25, -0.2) is 14.8 Å². The minimum absolute atomic E-state index is 0.154. The highest BCUT2D eigenvalue weighted by molar-refractivity contribution is 5.74. The molecule has 2 amide bonds. The molecule has 14 heteroatoms. The van der Waals surface area contributed by atoms with E-state index in [1.165, 1.54) is 12.1 Å². The van der Waals surface area contributed by atoms with Crippen LogP contribution < -0.4 is 15.1 Å². The first kappa shape index (κ1) is 32.6. The lowest BCUT2D eigenvalue weighted by atomic mass is 9.95. The number of amides is 2. The molecule has 238 valence electrons. The predicted octanol–water partition coefficient (Wildman–Crippen LogP) is 5.25. The molecule has 0 aliphatic carbocycles. The van der Waals surface area contributed by atoms with Crippen LogP contribution in [0.3, 0.4) is 0 Å². The van der Waals surface area contributed by atoms with Gasteiger partial charge >= 0.3 is 18.4 Å². The molecule has 0 saturated carbocycles. The number of hydrogen-bond acceptors (Lipinski definition) is 6. The van der Waals surface area contributed by atoms with Crippen LogP contribution in [0.15, 0.2) is 30.3 Å². The second-order valence-electron chi connectivity index (χ2n) is 12.0. The van der Waals surface area contributed by atoms with Crippen molar-refractivity contribution in [3.8, 4) is 0 Å². The largest absolute Gasteiger partial charge is 0.433 e. The topological polar surface area (TPSA) is 67.8 Å². The minimum atomic E-state index is -4.54. The van der Waals surface area contributed by atoms with E-state index in [1.807, 2.05) is 9.80 Å². The van der Waals surface area contributed by atoms with Crippen molar-refractivity contribution in [1.82, 2.24) is 25.1 Å². The Labute approximate surface area is 248 Å². The van der Waals surface area contributed by atoms with Crippen molar-refractivity contribution in [2.24, 2.45) is 0 Å². The number of halogens is 6. The summed E-state index contributed by atoms with van der Waals surface area (Å²) in [7, 11) is 0. The van der Waals surface area contributed by atoms with E-state index in [1.54, 1.807) is 25.7 Å². The maximum absolute atomic E-state index is 13.5. The Bertz CT molecular complexity index is 1180. The Hall–Kier alpha value is -3.29. The summed E-state index contributed by atoms with van der Waals surface area (Å²) < 4.78 is 78.8. The van der Waals surface area contributed by atoms with Gasteiger partial charge in [0.05, 0.1) is 5.56 Å². The van der Waals surface area contributed by atoms with Crippen molar-refractivity contribution in [1.29, 1.82) is 0 Å². The van der Waals surface area contributed by atoms with Crippen LogP contribution in [-0.2, 0) is 17.8 Å². The normalized spacial score (nSPS) is 17.4. The summed E-state index contributed by atoms with van der Waals surface area (Å²) in [6.07, 6.45) is -7.26. The monoisotopic (exact) mass is 615 g/mol. The summed E-state index contributed by atoms with van der Waals surface area (Å²) in [6.45, 7) is 11.3. The number of hydrogen-bond donors (Lipinski definition) is 1. The number of carbonyl (C=O) groups is 1. The summed E-state index contributed by atoms with van der Waals surface area (Å²) >= 11 is 0. The Morgan fingerprint density at radius 3 is 1.95 bits per heavy atom. The van der Waals surface area contributed by atoms with E-state index < -0.39 is 29.0 Å². The van der Waals surface area contributed by atoms with Crippen LogP contribution in [0.4, 0.5) is 42.6 Å². The first-order valence-corrected chi connectivity index (χ1v) is 14.5. The fourth-order valence-corrected chi connectivity index (χ4v) is 5.07. The summed E-state index contributed by atoms with van der Waals surface area (Å²) in [5, 5.41) is 2.94. The fourth-order valence-electron chi connectivity index (χ4n) is 5.07. The number of benzene rings is 1. The van der Waals surface area contributed by atoms with E-state index in [9.17, 15) is 31.1 Å². The van der Waals surface area contributed by atoms with E-state index >= 15 is 0 Å². The summed E-state index contributed by atoms with van der Waals surface area (Å²) in [4.78, 5) is 28.6. The van der Waals surface area contributed by atoms with Crippen LogP contribution in [-0.4, -0.2) is 91.2 Å². The van der Waals surface area contributed by atoms with Crippen LogP contribution >= 0.6 is 0 Å². The van der Waals surface area contributed by atoms with Gasteiger partial charge in [0.15, 0.2) is 0 Å². The number of anilines is 2. The Balaban J connectivity index is 1.14. The molecule has 0 radical (unpaired) electrons. The minimum Gasteiger partial charge on any atom is -0.368 e. The fraction of sp³-hybridized carbons (Fsp3) is 0.621. The van der Waals surface area contributed by atoms with Gasteiger partial charge in [0.1, 0.15) is 17.3 Å². The Morgan fingerprint density at radius 2 is 1.40 bits per heavy atom. The van der Waals surface area contributed by atoms with Crippen LogP contribution in [0.25, 0.3) is 0 Å². The van der Waals surface area contributed by atoms with Gasteiger partial charge in [-0.15, -0.1) is 0 Å². The molecule has 2 aromatic rings. The summed E-state index contributed by atoms with van der Waals surface area (Å²) in [5.41, 5.74) is -1.52. The second kappa shape index (κ2) is 13.1. The highest BCUT2D eigenvalue weighted by atomic mass is 19.4. The molecule has 3 heterocycles. The number of nitrogens with zero attached hydrogens (tertiary/aromatic N) is 6. The van der Waals surface area contributed by atoms with Gasteiger partial charge in [0.2, 0.25) is 0 Å². The molecule has 2 fully saturated rings. The smallest absolute Gasteiger partial charge is 0.368 e. The maximum atomic E-state index is 13.5. The summed E-state index contributed by atoms with van der Waals surface area (Å²) in [6, 6.07) is 5.94. The van der Waals surface area contributed by atoms with Crippen molar-refractivity contribution in [3.05, 3.63) is 47.4 Å². The molecule has 0 spiro atoms. The Morgan fingerprint density at radius 1 is 0.791 bits per heavy atom. The SMILES string of the molecule is CC(C)(C)c1nc(N2CCN(CCCCNC(=O)N3CCN(c4ccc(C(F)(F)F)cc4)CC3)CC2)cc(C(F)(F)F)n1. The molecule has 4 rings (SSSR count). The van der Waals surface area contributed by atoms with Gasteiger partial charge < -0.3 is 20.0 Å². The molecular formula is C29H39F6N7O. The van der Waals surface area contributed by atoms with E-state index in [-0.39, 0.29) is 11.9 Å². The number of unbranched alkanes of at least 4 members (excludes halogenated alkanes) is 1. The highest BCUT2D eigenvalue weighted by Gasteiger charge is 2.36. The number of rotatable bonds is 7. The molecule has 1 aromatic heterocycles. The third-order valence-electron chi connectivity index (χ3n) is 7.67. The molecule has 8 nitrogen and oxygen atoms in total. The molecule has 2 saturated heterocycles. The number of alkyl halides is 6. The maximum Gasteiger partial charge on any atom is 0.433 e. The number of aromatic nitrogens is 2. The quantitative estimate of drug-likeness (QED) is 0.339. The molecule has 1 N–H and O–H groups in total. The first-order valence-electron chi connectivity index (χ1n) is 14.5. The zero-order valence-electron chi connectivity index (χ0n) is 24.7. The lowest BCUT2D eigenvalue weighted by Crippen LogP contribution is -2.52. The number of carbonyl (C=O) groups excluding carboxylic acids is 1. The van der Waals surface area contributed by atoms with E-state index in [0.29, 0.717) is 70.4 Å². The van der Waals surface area contributed by atoms with E-state index in [0.717, 1.165) is 37.6 Å². The third-order valence-corrected chi connectivity index (χ3v) is 7.67. The highest BCUT2D eigenvalue weighted by Crippen LogP contribution is 2.33. The van der Waals surface area contributed by atoms with Gasteiger partial charge in [-0.3, -0.25) is 4.90 Å². The molecule has 0 unspecified atom stereocenters. The van der Waals surface area contributed by atoms with Crippen molar-refractivity contribution in [3.63, 3.8) is 0 Å². The van der Waals surface area contributed by atoms with Crippen molar-refractivity contribution in [2.45, 2.75) is 51.4 Å². The van der Waals surface area contributed by atoms with Gasteiger partial charge in [0.25, 0.3) is 0 Å². The summed E-state index contributed by atoms with van der Waals surface area (Å²) in [5.74, 6) is 0.470. The molecule has 0 atom stereocenters. The average Bonchev–Trinajstić information content (AvgIpc) is 2.96. The van der Waals surface area contributed by atoms with E-state index in [2.05, 4.69) is 20.2 Å². The van der Waals surface area contributed by atoms with Crippen LogP contribution in [0.1, 0.15) is 50.7 Å². The van der Waals surface area contributed by atoms with Crippen molar-refractivity contribution < 1.29 is 31.1 Å². The molecule has 0 bridgehead atoms. The van der Waals surface area contributed by atoms with Crippen LogP contribution in [0, 0.1) is 0 Å². The standard InChI is InChI=1S/C29H39F6N7O/c1-27(2,3)25-37-23(29(33,34)35)20-24(38-25)41-14-12-39(13-15-41)11-5-4-10-36-26(43)42-18-16-40(17-19-42)22-8-6-21(7-9-22)28(30,31)32/h6-9,20H,4-5,10-19H2,1-3H3,(H,36,43). The van der Waals surface area contributed by atoms with Crippen molar-refractivity contribution >= 4 is 17.5 Å². The molecule has 2 aliphatic heterocycles. The van der Waals surface area contributed by atoms with Gasteiger partial charge in [0, 0.05) is 76.1 Å². The Kier molecular flexibility index (Phi) is 9.97. The zero-order chi connectivity index (χ0) is 31.4. The van der Waals surface area contributed by atoms with Gasteiger partial charge in [-0.05, 0) is 43.7 Å². The van der Waals surface area contributed by atoms with Gasteiger partial charge in [-0.2, -0.15) is 26.3 Å². The predicted molar refractivity (Wildman–Crippen MR) is 152 cm³/mol. The van der Waals surface area contributed by atoms with Crippen molar-refractivity contribution in [2.75, 3.05) is 75.2 Å². The molecule has 1 aromatic carbocycles. The van der Waals surface area contributed by atoms with Gasteiger partial charge in [-0.1, -0.05) is 20.8 Å². The van der Waals surface area contributed by atoms with Crippen LogP contribution in [0.5, 0.6) is 0 Å². The van der Waals surface area contributed by atoms with E-state index in [4.69, 9.17) is 0 Å². The number of nitrogens with one attached hydrogen (secondary N) is 1. The lowest BCUT2D eigenvalue weighted by molar-refractivity contribution is -0.141. The lowest BCUT2D eigenvalue weighted by Gasteiger charge is -2.36. The van der Waals surface area contributed by atoms with Crippen LogP contribution in [0.2, 0.25) is 0 Å². The number of urea groups is 1.